The average Bonchev–Trinajstić information content (AvgIpc) is 1.84. The van der Waals surface area contributed by atoms with Gasteiger partial charge in [-0.05, 0) is 11.8 Å². The van der Waals surface area contributed by atoms with Gasteiger partial charge in [-0.15, -0.1) is 0 Å². The topological polar surface area (TPSA) is 9.23 Å². The minimum atomic E-state index is 0.388. The third-order valence-corrected chi connectivity index (χ3v) is 1.85. The number of hydrogen-bond donors (Lipinski definition) is 0. The molecule has 9 heavy (non-hydrogen) atoms. The predicted molar refractivity (Wildman–Crippen MR) is 38.9 cm³/mol. The summed E-state index contributed by atoms with van der Waals surface area (Å²) in [5, 5.41) is 0. The van der Waals surface area contributed by atoms with Crippen LogP contribution in [0.3, 0.4) is 0 Å². The minimum absolute atomic E-state index is 0.388. The molecule has 0 atom stereocenters. The number of rotatable bonds is 4. The summed E-state index contributed by atoms with van der Waals surface area (Å²) < 4.78 is 4.48. The van der Waals surface area contributed by atoms with Crippen LogP contribution >= 0.6 is 0 Å². The molecule has 0 rings (SSSR count). The van der Waals surface area contributed by atoms with E-state index in [-0.39, 0.29) is 0 Å². The Bertz CT molecular complexity index is 67.0. The average molecular weight is 128 g/mol. The third kappa shape index (κ3) is 4.46. The van der Waals surface area contributed by atoms with Crippen LogP contribution in [0.2, 0.25) is 0 Å². The van der Waals surface area contributed by atoms with E-state index in [4.69, 9.17) is 7.11 Å². The van der Waals surface area contributed by atoms with E-state index in [2.05, 4.69) is 25.5 Å². The predicted octanol–water partition coefficient (Wildman–Crippen LogP) is 2.50. The van der Waals surface area contributed by atoms with Gasteiger partial charge in [0.2, 0.25) is 0 Å². The smallest absolute Gasteiger partial charge is 0.115 e. The molecular weight excluding hydrogens is 112 g/mol. The summed E-state index contributed by atoms with van der Waals surface area (Å²) in [7, 11) is 4.89. The molecule has 0 spiro atoms. The van der Waals surface area contributed by atoms with E-state index < -0.39 is 0 Å². The van der Waals surface area contributed by atoms with Crippen LogP contribution in [0.4, 0.5) is 0 Å². The van der Waals surface area contributed by atoms with Gasteiger partial charge in [-0.3, -0.25) is 0 Å². The first-order valence-corrected chi connectivity index (χ1v) is 3.44. The zero-order valence-electron chi connectivity index (χ0n) is 6.61. The standard InChI is InChI=1S/C8H16O/c1-5-8(2,3)6-7-9-4/h4H,5-7H2,1-3H3. The Morgan fingerprint density at radius 2 is 2.00 bits per heavy atom. The summed E-state index contributed by atoms with van der Waals surface area (Å²) in [6, 6.07) is 0. The highest BCUT2D eigenvalue weighted by molar-refractivity contribution is 4.64. The van der Waals surface area contributed by atoms with Crippen molar-refractivity contribution < 1.29 is 4.74 Å². The van der Waals surface area contributed by atoms with Crippen molar-refractivity contribution in [3.8, 4) is 0 Å². The van der Waals surface area contributed by atoms with Crippen molar-refractivity contribution in [1.82, 2.24) is 0 Å². The van der Waals surface area contributed by atoms with Gasteiger partial charge in [0.1, 0.15) is 7.11 Å². The minimum Gasteiger partial charge on any atom is -0.373 e. The van der Waals surface area contributed by atoms with Gasteiger partial charge in [-0.25, -0.2) is 0 Å². The Hall–Kier alpha value is -0.0400. The van der Waals surface area contributed by atoms with Crippen molar-refractivity contribution in [1.29, 1.82) is 0 Å². The lowest BCUT2D eigenvalue weighted by Gasteiger charge is -2.21. The van der Waals surface area contributed by atoms with E-state index in [9.17, 15) is 0 Å². The molecule has 0 aliphatic heterocycles. The highest BCUT2D eigenvalue weighted by atomic mass is 16.5. The molecule has 0 heterocycles. The number of hydrogen-bond acceptors (Lipinski definition) is 1. The van der Waals surface area contributed by atoms with Crippen LogP contribution in [0.25, 0.3) is 0 Å². The van der Waals surface area contributed by atoms with E-state index in [1.807, 2.05) is 0 Å². The van der Waals surface area contributed by atoms with Gasteiger partial charge in [-0.1, -0.05) is 27.2 Å². The maximum Gasteiger partial charge on any atom is 0.115 e. The van der Waals surface area contributed by atoms with Crippen molar-refractivity contribution >= 4 is 0 Å². The van der Waals surface area contributed by atoms with Gasteiger partial charge < -0.3 is 4.74 Å². The molecule has 0 aliphatic rings. The first kappa shape index (κ1) is 8.96. The van der Waals surface area contributed by atoms with Crippen LogP contribution in [0.5, 0.6) is 0 Å². The quantitative estimate of drug-likeness (QED) is 0.565. The van der Waals surface area contributed by atoms with Crippen LogP contribution in [0, 0.1) is 12.5 Å². The summed E-state index contributed by atoms with van der Waals surface area (Å²) >= 11 is 0. The highest BCUT2D eigenvalue weighted by Gasteiger charge is 2.13. The van der Waals surface area contributed by atoms with Crippen molar-refractivity contribution in [2.45, 2.75) is 33.6 Å². The molecule has 0 bridgehead atoms. The fraction of sp³-hybridized carbons (Fsp3) is 0.875. The fourth-order valence-corrected chi connectivity index (χ4v) is 0.512. The van der Waals surface area contributed by atoms with Crippen LogP contribution in [-0.4, -0.2) is 6.61 Å². The van der Waals surface area contributed by atoms with Gasteiger partial charge in [0.05, 0.1) is 0 Å². The van der Waals surface area contributed by atoms with Gasteiger partial charge >= 0.3 is 0 Å². The molecule has 0 fully saturated rings. The summed E-state index contributed by atoms with van der Waals surface area (Å²) in [4.78, 5) is 0. The molecule has 0 aromatic carbocycles. The molecule has 0 aromatic rings. The largest absolute Gasteiger partial charge is 0.373 e. The van der Waals surface area contributed by atoms with E-state index in [0.717, 1.165) is 6.42 Å². The van der Waals surface area contributed by atoms with Crippen LogP contribution < -0.4 is 0 Å². The zero-order chi connectivity index (χ0) is 7.33. The summed E-state index contributed by atoms with van der Waals surface area (Å²) in [6.07, 6.45) is 2.22. The molecule has 0 N–H and O–H groups in total. The van der Waals surface area contributed by atoms with Crippen molar-refractivity contribution in [3.05, 3.63) is 7.11 Å². The fourth-order valence-electron chi connectivity index (χ4n) is 0.512. The Labute approximate surface area is 58.4 Å². The van der Waals surface area contributed by atoms with Crippen molar-refractivity contribution in [3.63, 3.8) is 0 Å². The Morgan fingerprint density at radius 3 is 2.33 bits per heavy atom. The molecule has 0 saturated heterocycles. The van der Waals surface area contributed by atoms with E-state index in [1.54, 1.807) is 0 Å². The second-order valence-corrected chi connectivity index (χ2v) is 3.14. The van der Waals surface area contributed by atoms with Crippen molar-refractivity contribution in [2.24, 2.45) is 5.41 Å². The molecule has 2 radical (unpaired) electrons. The second-order valence-electron chi connectivity index (χ2n) is 3.14. The van der Waals surface area contributed by atoms with Gasteiger partial charge in [0.25, 0.3) is 0 Å². The molecule has 0 aliphatic carbocycles. The van der Waals surface area contributed by atoms with Crippen LogP contribution in [0.15, 0.2) is 0 Å². The van der Waals surface area contributed by atoms with Gasteiger partial charge in [0, 0.05) is 6.61 Å². The first-order chi connectivity index (χ1) is 4.12. The summed E-state index contributed by atoms with van der Waals surface area (Å²) in [6.45, 7) is 7.27. The molecule has 0 unspecified atom stereocenters. The summed E-state index contributed by atoms with van der Waals surface area (Å²) in [5.74, 6) is 0. The molecular formula is C8H16O. The van der Waals surface area contributed by atoms with E-state index >= 15 is 0 Å². The van der Waals surface area contributed by atoms with E-state index in [1.165, 1.54) is 6.42 Å². The molecule has 54 valence electrons. The van der Waals surface area contributed by atoms with Gasteiger partial charge in [0.15, 0.2) is 0 Å². The van der Waals surface area contributed by atoms with Crippen LogP contribution in [-0.2, 0) is 4.74 Å². The lowest BCUT2D eigenvalue weighted by molar-refractivity contribution is 0.179. The maximum atomic E-state index is 4.89. The highest BCUT2D eigenvalue weighted by Crippen LogP contribution is 2.23. The molecule has 0 aromatic heterocycles. The zero-order valence-corrected chi connectivity index (χ0v) is 6.61. The van der Waals surface area contributed by atoms with E-state index in [0.29, 0.717) is 12.0 Å². The normalized spacial score (nSPS) is 12.0. The lowest BCUT2D eigenvalue weighted by atomic mass is 9.87. The SMILES string of the molecule is [CH]OCCC(C)(C)CC. The lowest BCUT2D eigenvalue weighted by Crippen LogP contribution is -2.11. The Balaban J connectivity index is 3.33. The molecule has 1 nitrogen and oxygen atoms in total. The van der Waals surface area contributed by atoms with Crippen molar-refractivity contribution in [2.75, 3.05) is 6.61 Å². The Kier molecular flexibility index (Phi) is 3.87. The number of ether oxygens (including phenoxy) is 1. The Morgan fingerprint density at radius 1 is 1.44 bits per heavy atom. The second kappa shape index (κ2) is 3.89. The van der Waals surface area contributed by atoms with Crippen LogP contribution in [0.1, 0.15) is 33.6 Å². The monoisotopic (exact) mass is 128 g/mol. The maximum absolute atomic E-state index is 4.89. The first-order valence-electron chi connectivity index (χ1n) is 3.44. The molecule has 1 heteroatoms. The summed E-state index contributed by atoms with van der Waals surface area (Å²) in [5.41, 5.74) is 0.388. The molecule has 0 amide bonds. The van der Waals surface area contributed by atoms with Gasteiger partial charge in [-0.2, -0.15) is 0 Å². The molecule has 0 saturated carbocycles. The third-order valence-electron chi connectivity index (χ3n) is 1.85.